The van der Waals surface area contributed by atoms with Gasteiger partial charge in [0.25, 0.3) is 0 Å². The van der Waals surface area contributed by atoms with Crippen LogP contribution in [0.1, 0.15) is 12.0 Å². The van der Waals surface area contributed by atoms with E-state index in [9.17, 15) is 0 Å². The van der Waals surface area contributed by atoms with Gasteiger partial charge in [-0.05, 0) is 12.0 Å². The van der Waals surface area contributed by atoms with E-state index >= 15 is 0 Å². The van der Waals surface area contributed by atoms with Crippen LogP contribution in [0.5, 0.6) is 0 Å². The maximum absolute atomic E-state index is 6.02. The summed E-state index contributed by atoms with van der Waals surface area (Å²) in [5, 5.41) is 0. The first-order valence-corrected chi connectivity index (χ1v) is 5.87. The Labute approximate surface area is 102 Å². The van der Waals surface area contributed by atoms with Crippen LogP contribution >= 0.6 is 0 Å². The first-order chi connectivity index (χ1) is 8.31. The lowest BCUT2D eigenvalue weighted by Gasteiger charge is -2.34. The molecule has 94 valence electrons. The Balaban J connectivity index is 1.86. The summed E-state index contributed by atoms with van der Waals surface area (Å²) in [7, 11) is 1.60. The van der Waals surface area contributed by atoms with Crippen molar-refractivity contribution in [2.45, 2.75) is 31.5 Å². The van der Waals surface area contributed by atoms with Crippen molar-refractivity contribution in [3.05, 3.63) is 35.9 Å². The lowest BCUT2D eigenvalue weighted by molar-refractivity contribution is -0.193. The molecule has 0 spiro atoms. The molecule has 1 saturated heterocycles. The van der Waals surface area contributed by atoms with Gasteiger partial charge in [-0.15, -0.1) is 0 Å². The van der Waals surface area contributed by atoms with Crippen LogP contribution < -0.4 is 5.73 Å². The summed E-state index contributed by atoms with van der Waals surface area (Å²) in [4.78, 5) is 0. The quantitative estimate of drug-likeness (QED) is 0.857. The normalized spacial score (nSPS) is 29.2. The maximum atomic E-state index is 6.02. The number of ether oxygens (including phenoxy) is 3. The summed E-state index contributed by atoms with van der Waals surface area (Å²) < 4.78 is 16.4. The minimum Gasteiger partial charge on any atom is -0.372 e. The van der Waals surface area contributed by atoms with Gasteiger partial charge in [0.2, 0.25) is 0 Å². The van der Waals surface area contributed by atoms with Gasteiger partial charge in [-0.2, -0.15) is 0 Å². The molecule has 0 aliphatic carbocycles. The van der Waals surface area contributed by atoms with Crippen LogP contribution in [0.25, 0.3) is 0 Å². The zero-order valence-corrected chi connectivity index (χ0v) is 10.0. The highest BCUT2D eigenvalue weighted by Gasteiger charge is 2.32. The molecule has 4 nitrogen and oxygen atoms in total. The average Bonchev–Trinajstić information content (AvgIpc) is 2.39. The van der Waals surface area contributed by atoms with E-state index in [0.717, 1.165) is 12.0 Å². The number of benzene rings is 1. The molecule has 0 amide bonds. The highest BCUT2D eigenvalue weighted by molar-refractivity contribution is 5.13. The van der Waals surface area contributed by atoms with Crippen molar-refractivity contribution >= 4 is 0 Å². The van der Waals surface area contributed by atoms with E-state index in [1.54, 1.807) is 7.11 Å². The Hall–Kier alpha value is -0.940. The molecule has 17 heavy (non-hydrogen) atoms. The second kappa shape index (κ2) is 6.12. The summed E-state index contributed by atoms with van der Waals surface area (Å²) in [6.45, 7) is 1.21. The van der Waals surface area contributed by atoms with Crippen LogP contribution in [0.15, 0.2) is 30.3 Å². The molecule has 2 rings (SSSR count). The minimum atomic E-state index is -0.357. The first kappa shape index (κ1) is 12.5. The minimum absolute atomic E-state index is 0.00564. The fraction of sp³-hybridized carbons (Fsp3) is 0.538. The van der Waals surface area contributed by atoms with E-state index < -0.39 is 0 Å². The van der Waals surface area contributed by atoms with Crippen LogP contribution in [0.3, 0.4) is 0 Å². The summed E-state index contributed by atoms with van der Waals surface area (Å²) in [6.07, 6.45) is 0.451. The zero-order valence-electron chi connectivity index (χ0n) is 10.0. The van der Waals surface area contributed by atoms with Crippen LogP contribution in [-0.4, -0.2) is 32.2 Å². The predicted octanol–water partition coefficient (Wildman–Crippen LogP) is 1.29. The Kier molecular flexibility index (Phi) is 4.50. The third kappa shape index (κ3) is 3.26. The largest absolute Gasteiger partial charge is 0.372 e. The van der Waals surface area contributed by atoms with Gasteiger partial charge in [0.05, 0.1) is 25.4 Å². The monoisotopic (exact) mass is 237 g/mol. The lowest BCUT2D eigenvalue weighted by Crippen LogP contribution is -2.52. The number of hydrogen-bond acceptors (Lipinski definition) is 4. The van der Waals surface area contributed by atoms with Crippen molar-refractivity contribution < 1.29 is 14.2 Å². The molecule has 0 radical (unpaired) electrons. The van der Waals surface area contributed by atoms with Gasteiger partial charge in [0.15, 0.2) is 6.29 Å². The van der Waals surface area contributed by atoms with Crippen molar-refractivity contribution in [3.8, 4) is 0 Å². The molecule has 0 saturated carbocycles. The molecule has 1 aromatic carbocycles. The lowest BCUT2D eigenvalue weighted by atomic mass is 10.1. The van der Waals surface area contributed by atoms with E-state index in [4.69, 9.17) is 19.9 Å². The van der Waals surface area contributed by atoms with E-state index in [2.05, 4.69) is 0 Å². The zero-order chi connectivity index (χ0) is 12.1. The second-order valence-corrected chi connectivity index (χ2v) is 4.18. The van der Waals surface area contributed by atoms with E-state index in [0.29, 0.717) is 13.2 Å². The molecule has 1 aliphatic rings. The molecule has 0 bridgehead atoms. The van der Waals surface area contributed by atoms with Crippen molar-refractivity contribution in [3.63, 3.8) is 0 Å². The summed E-state index contributed by atoms with van der Waals surface area (Å²) in [6, 6.07) is 9.85. The van der Waals surface area contributed by atoms with Crippen molar-refractivity contribution in [1.82, 2.24) is 0 Å². The Morgan fingerprint density at radius 2 is 2.12 bits per heavy atom. The van der Waals surface area contributed by atoms with Gasteiger partial charge in [0.1, 0.15) is 0 Å². The van der Waals surface area contributed by atoms with Gasteiger partial charge in [-0.3, -0.25) is 0 Å². The molecule has 1 aliphatic heterocycles. The Morgan fingerprint density at radius 3 is 2.82 bits per heavy atom. The van der Waals surface area contributed by atoms with Crippen molar-refractivity contribution in [2.75, 3.05) is 13.7 Å². The predicted molar refractivity (Wildman–Crippen MR) is 64.4 cm³/mol. The number of nitrogens with two attached hydrogens (primary N) is 1. The molecule has 0 unspecified atom stereocenters. The second-order valence-electron chi connectivity index (χ2n) is 4.18. The number of rotatable bonds is 4. The molecule has 4 heteroatoms. The third-order valence-corrected chi connectivity index (χ3v) is 2.97. The van der Waals surface area contributed by atoms with E-state index in [1.165, 1.54) is 0 Å². The molecule has 1 aromatic rings. The molecule has 2 N–H and O–H groups in total. The number of hydrogen-bond donors (Lipinski definition) is 1. The fourth-order valence-electron chi connectivity index (χ4n) is 1.98. The van der Waals surface area contributed by atoms with Gasteiger partial charge in [-0.1, -0.05) is 30.3 Å². The van der Waals surface area contributed by atoms with Gasteiger partial charge in [-0.25, -0.2) is 0 Å². The average molecular weight is 237 g/mol. The van der Waals surface area contributed by atoms with E-state index in [1.807, 2.05) is 30.3 Å². The summed E-state index contributed by atoms with van der Waals surface area (Å²) >= 11 is 0. The van der Waals surface area contributed by atoms with Crippen molar-refractivity contribution in [1.29, 1.82) is 0 Å². The molecular weight excluding hydrogens is 218 g/mol. The Bertz CT molecular complexity index is 331. The highest BCUT2D eigenvalue weighted by Crippen LogP contribution is 2.18. The molecule has 3 atom stereocenters. The fourth-order valence-corrected chi connectivity index (χ4v) is 1.98. The highest BCUT2D eigenvalue weighted by atomic mass is 16.7. The molecule has 1 heterocycles. The van der Waals surface area contributed by atoms with Crippen LogP contribution in [-0.2, 0) is 20.8 Å². The van der Waals surface area contributed by atoms with E-state index in [-0.39, 0.29) is 18.4 Å². The molecule has 0 aromatic heterocycles. The Morgan fingerprint density at radius 1 is 1.35 bits per heavy atom. The van der Waals surface area contributed by atoms with Crippen LogP contribution in [0.4, 0.5) is 0 Å². The molecule has 1 fully saturated rings. The summed E-state index contributed by atoms with van der Waals surface area (Å²) in [5.41, 5.74) is 7.18. The van der Waals surface area contributed by atoms with Crippen LogP contribution in [0.2, 0.25) is 0 Å². The van der Waals surface area contributed by atoms with Crippen LogP contribution in [0, 0.1) is 0 Å². The maximum Gasteiger partial charge on any atom is 0.174 e. The first-order valence-electron chi connectivity index (χ1n) is 5.87. The number of methoxy groups -OCH3 is 1. The topological polar surface area (TPSA) is 53.7 Å². The van der Waals surface area contributed by atoms with Crippen molar-refractivity contribution in [2.24, 2.45) is 5.73 Å². The third-order valence-electron chi connectivity index (χ3n) is 2.97. The SMILES string of the molecule is CO[C@@H]1OCC[C@H](OCc2ccccc2)[C@@H]1N. The standard InChI is InChI=1S/C13H19NO3/c1-15-13-12(14)11(7-8-16-13)17-9-10-5-3-2-4-6-10/h2-6,11-13H,7-9,14H2,1H3/t11-,12-,13+/m0/s1. The van der Waals surface area contributed by atoms with Gasteiger partial charge < -0.3 is 19.9 Å². The van der Waals surface area contributed by atoms with Gasteiger partial charge >= 0.3 is 0 Å². The van der Waals surface area contributed by atoms with Gasteiger partial charge in [0, 0.05) is 7.11 Å². The molecular formula is C13H19NO3. The summed E-state index contributed by atoms with van der Waals surface area (Å²) in [5.74, 6) is 0. The smallest absolute Gasteiger partial charge is 0.174 e.